The summed E-state index contributed by atoms with van der Waals surface area (Å²) in [4.78, 5) is 0.363. The Balaban J connectivity index is 2.22. The minimum atomic E-state index is -3.35. The maximum Gasteiger partial charge on any atom is 0.243 e. The van der Waals surface area contributed by atoms with Gasteiger partial charge in [0.1, 0.15) is 0 Å². The van der Waals surface area contributed by atoms with Crippen LogP contribution in [0.5, 0.6) is 0 Å². The fourth-order valence-electron chi connectivity index (χ4n) is 2.15. The molecule has 1 heterocycles. The van der Waals surface area contributed by atoms with Crippen molar-refractivity contribution in [3.8, 4) is 0 Å². The number of halogens is 1. The van der Waals surface area contributed by atoms with E-state index in [1.54, 1.807) is 28.6 Å². The van der Waals surface area contributed by atoms with E-state index in [9.17, 15) is 8.42 Å². The molecule has 1 aromatic carbocycles. The zero-order valence-corrected chi connectivity index (χ0v) is 12.7. The summed E-state index contributed by atoms with van der Waals surface area (Å²) in [7, 11) is -1.47. The molecule has 100 valence electrons. The van der Waals surface area contributed by atoms with Gasteiger partial charge in [-0.1, -0.05) is 15.9 Å². The standard InChI is InChI=1S/C12H17BrN2O2S/c1-14-11-3-2-8-15(9-11)18(16,17)12-6-4-10(13)5-7-12/h4-7,11,14H,2-3,8-9H2,1H3/t11-/m1/s1. The lowest BCUT2D eigenvalue weighted by atomic mass is 10.1. The Kier molecular flexibility index (Phi) is 4.42. The minimum absolute atomic E-state index is 0.254. The van der Waals surface area contributed by atoms with Gasteiger partial charge in [-0.15, -0.1) is 0 Å². The molecule has 1 aliphatic heterocycles. The van der Waals surface area contributed by atoms with Crippen molar-refractivity contribution in [1.29, 1.82) is 0 Å². The van der Waals surface area contributed by atoms with Gasteiger partial charge < -0.3 is 5.32 Å². The fraction of sp³-hybridized carbons (Fsp3) is 0.500. The van der Waals surface area contributed by atoms with Crippen molar-refractivity contribution in [2.24, 2.45) is 0 Å². The number of nitrogens with zero attached hydrogens (tertiary/aromatic N) is 1. The molecule has 0 spiro atoms. The van der Waals surface area contributed by atoms with Crippen LogP contribution in [0.2, 0.25) is 0 Å². The first-order chi connectivity index (χ1) is 8.54. The van der Waals surface area contributed by atoms with Gasteiger partial charge in [-0.2, -0.15) is 4.31 Å². The highest BCUT2D eigenvalue weighted by molar-refractivity contribution is 9.10. The summed E-state index contributed by atoms with van der Waals surface area (Å²) in [5.74, 6) is 0. The van der Waals surface area contributed by atoms with Crippen LogP contribution in [0.3, 0.4) is 0 Å². The molecule has 1 aromatic rings. The van der Waals surface area contributed by atoms with Crippen molar-refractivity contribution < 1.29 is 8.42 Å². The molecule has 0 radical (unpaired) electrons. The van der Waals surface area contributed by atoms with Gasteiger partial charge in [0.25, 0.3) is 0 Å². The molecule has 18 heavy (non-hydrogen) atoms. The zero-order valence-electron chi connectivity index (χ0n) is 10.3. The molecule has 1 atom stereocenters. The lowest BCUT2D eigenvalue weighted by Gasteiger charge is -2.31. The predicted octanol–water partition coefficient (Wildman–Crippen LogP) is 1.82. The van der Waals surface area contributed by atoms with Crippen LogP contribution in [0.4, 0.5) is 0 Å². The molecule has 4 nitrogen and oxygen atoms in total. The maximum atomic E-state index is 12.4. The van der Waals surface area contributed by atoms with Gasteiger partial charge in [0.05, 0.1) is 4.90 Å². The van der Waals surface area contributed by atoms with Crippen LogP contribution < -0.4 is 5.32 Å². The second kappa shape index (κ2) is 5.69. The minimum Gasteiger partial charge on any atom is -0.316 e. The lowest BCUT2D eigenvalue weighted by molar-refractivity contribution is 0.293. The summed E-state index contributed by atoms with van der Waals surface area (Å²) in [6.45, 7) is 1.16. The van der Waals surface area contributed by atoms with Gasteiger partial charge >= 0.3 is 0 Å². The largest absolute Gasteiger partial charge is 0.316 e. The number of nitrogens with one attached hydrogen (secondary N) is 1. The molecule has 6 heteroatoms. The molecule has 0 saturated carbocycles. The Hall–Kier alpha value is -0.430. The SMILES string of the molecule is CN[C@@H]1CCCN(S(=O)(=O)c2ccc(Br)cc2)C1. The van der Waals surface area contributed by atoms with E-state index in [0.717, 1.165) is 17.3 Å². The average Bonchev–Trinajstić information content (AvgIpc) is 2.39. The van der Waals surface area contributed by atoms with E-state index < -0.39 is 10.0 Å². The summed E-state index contributed by atoms with van der Waals surface area (Å²) in [6, 6.07) is 7.05. The smallest absolute Gasteiger partial charge is 0.243 e. The quantitative estimate of drug-likeness (QED) is 0.918. The van der Waals surface area contributed by atoms with Crippen LogP contribution in [0.25, 0.3) is 0 Å². The fourth-order valence-corrected chi connectivity index (χ4v) is 3.94. The Bertz CT molecular complexity index is 501. The van der Waals surface area contributed by atoms with Crippen molar-refractivity contribution in [2.45, 2.75) is 23.8 Å². The van der Waals surface area contributed by atoms with E-state index in [0.29, 0.717) is 18.0 Å². The normalized spacial score (nSPS) is 22.0. The van der Waals surface area contributed by atoms with Gasteiger partial charge in [-0.25, -0.2) is 8.42 Å². The summed E-state index contributed by atoms with van der Waals surface area (Å²) in [5.41, 5.74) is 0. The molecule has 0 bridgehead atoms. The van der Waals surface area contributed by atoms with E-state index in [1.165, 1.54) is 0 Å². The highest BCUT2D eigenvalue weighted by Crippen LogP contribution is 2.22. The molecule has 1 aliphatic rings. The Morgan fingerprint density at radius 1 is 1.33 bits per heavy atom. The van der Waals surface area contributed by atoms with E-state index in [-0.39, 0.29) is 6.04 Å². The number of rotatable bonds is 3. The van der Waals surface area contributed by atoms with Crippen molar-refractivity contribution >= 4 is 26.0 Å². The first kappa shape index (κ1) is 14.0. The molecule has 0 unspecified atom stereocenters. The first-order valence-electron chi connectivity index (χ1n) is 5.97. The number of hydrogen-bond acceptors (Lipinski definition) is 3. The van der Waals surface area contributed by atoms with Crippen LogP contribution >= 0.6 is 15.9 Å². The van der Waals surface area contributed by atoms with Crippen LogP contribution in [0.1, 0.15) is 12.8 Å². The van der Waals surface area contributed by atoms with Crippen molar-refractivity contribution in [2.75, 3.05) is 20.1 Å². The topological polar surface area (TPSA) is 49.4 Å². The molecule has 0 aromatic heterocycles. The third kappa shape index (κ3) is 2.93. The third-order valence-electron chi connectivity index (χ3n) is 3.24. The van der Waals surface area contributed by atoms with Crippen LogP contribution in [0.15, 0.2) is 33.6 Å². The molecular formula is C12H17BrN2O2S. The highest BCUT2D eigenvalue weighted by Gasteiger charge is 2.29. The molecular weight excluding hydrogens is 316 g/mol. The van der Waals surface area contributed by atoms with E-state index >= 15 is 0 Å². The third-order valence-corrected chi connectivity index (χ3v) is 5.65. The van der Waals surface area contributed by atoms with Gasteiger partial charge in [-0.05, 0) is 44.2 Å². The van der Waals surface area contributed by atoms with Gasteiger partial charge in [0.15, 0.2) is 0 Å². The van der Waals surface area contributed by atoms with Crippen LogP contribution in [-0.2, 0) is 10.0 Å². The van der Waals surface area contributed by atoms with Crippen molar-refractivity contribution in [3.63, 3.8) is 0 Å². The molecule has 1 fully saturated rings. The Morgan fingerprint density at radius 2 is 2.00 bits per heavy atom. The van der Waals surface area contributed by atoms with Gasteiger partial charge in [0, 0.05) is 23.6 Å². The van der Waals surface area contributed by atoms with Crippen molar-refractivity contribution in [1.82, 2.24) is 9.62 Å². The zero-order chi connectivity index (χ0) is 13.2. The Labute approximate surface area is 117 Å². The van der Waals surface area contributed by atoms with Gasteiger partial charge in [-0.3, -0.25) is 0 Å². The lowest BCUT2D eigenvalue weighted by Crippen LogP contribution is -2.46. The summed E-state index contributed by atoms with van der Waals surface area (Å²) in [6.07, 6.45) is 1.93. The van der Waals surface area contributed by atoms with Crippen LogP contribution in [-0.4, -0.2) is 38.9 Å². The maximum absolute atomic E-state index is 12.4. The number of hydrogen-bond donors (Lipinski definition) is 1. The monoisotopic (exact) mass is 332 g/mol. The van der Waals surface area contributed by atoms with Gasteiger partial charge in [0.2, 0.25) is 10.0 Å². The highest BCUT2D eigenvalue weighted by atomic mass is 79.9. The first-order valence-corrected chi connectivity index (χ1v) is 8.20. The Morgan fingerprint density at radius 3 is 2.61 bits per heavy atom. The molecule has 1 saturated heterocycles. The second-order valence-corrected chi connectivity index (χ2v) is 7.30. The van der Waals surface area contributed by atoms with E-state index in [4.69, 9.17) is 0 Å². The number of piperidine rings is 1. The average molecular weight is 333 g/mol. The number of benzene rings is 1. The summed E-state index contributed by atoms with van der Waals surface area (Å²) >= 11 is 3.31. The van der Waals surface area contributed by atoms with E-state index in [2.05, 4.69) is 21.2 Å². The van der Waals surface area contributed by atoms with Crippen LogP contribution in [0, 0.1) is 0 Å². The molecule has 0 amide bonds. The molecule has 1 N–H and O–H groups in total. The number of likely N-dealkylation sites (N-methyl/N-ethyl adjacent to an activating group) is 1. The number of sulfonamides is 1. The summed E-state index contributed by atoms with van der Waals surface area (Å²) in [5, 5.41) is 3.15. The predicted molar refractivity (Wildman–Crippen MR) is 75.0 cm³/mol. The second-order valence-electron chi connectivity index (χ2n) is 4.44. The summed E-state index contributed by atoms with van der Waals surface area (Å²) < 4.78 is 27.3. The molecule has 0 aliphatic carbocycles. The van der Waals surface area contributed by atoms with Crippen molar-refractivity contribution in [3.05, 3.63) is 28.7 Å². The molecule has 2 rings (SSSR count). The van der Waals surface area contributed by atoms with E-state index in [1.807, 2.05) is 7.05 Å².